The van der Waals surface area contributed by atoms with E-state index in [4.69, 9.17) is 0 Å². The van der Waals surface area contributed by atoms with Crippen molar-refractivity contribution in [3.63, 3.8) is 0 Å². The number of likely N-dealkylation sites (N-methyl/N-ethyl adjacent to an activating group) is 1. The molecule has 0 N–H and O–H groups in total. The van der Waals surface area contributed by atoms with Crippen LogP contribution in [0.3, 0.4) is 0 Å². The lowest BCUT2D eigenvalue weighted by atomic mass is 10.3. The van der Waals surface area contributed by atoms with Gasteiger partial charge in [0.15, 0.2) is 5.16 Å². The summed E-state index contributed by atoms with van der Waals surface area (Å²) in [6.07, 6.45) is 3.40. The number of rotatable bonds is 4. The van der Waals surface area contributed by atoms with Crippen molar-refractivity contribution in [1.29, 1.82) is 0 Å². The zero-order chi connectivity index (χ0) is 13.7. The van der Waals surface area contributed by atoms with Gasteiger partial charge in [-0.05, 0) is 19.5 Å². The normalized spacial score (nSPS) is 18.3. The highest BCUT2D eigenvalue weighted by atomic mass is 32.2. The first-order valence-corrected chi connectivity index (χ1v) is 7.53. The lowest BCUT2D eigenvalue weighted by Crippen LogP contribution is -2.50. The van der Waals surface area contributed by atoms with Crippen molar-refractivity contribution in [1.82, 2.24) is 19.8 Å². The van der Waals surface area contributed by atoms with Crippen LogP contribution < -0.4 is 0 Å². The summed E-state index contributed by atoms with van der Waals surface area (Å²) < 4.78 is 0. The Hall–Kier alpha value is -1.14. The molecule has 0 bridgehead atoms. The molecule has 0 aromatic carbocycles. The largest absolute Gasteiger partial charge is 0.339 e. The van der Waals surface area contributed by atoms with Crippen LogP contribution in [0.2, 0.25) is 0 Å². The number of nitrogens with zero attached hydrogens (tertiary/aromatic N) is 4. The summed E-state index contributed by atoms with van der Waals surface area (Å²) in [6, 6.07) is 1.78. The molecule has 5 nitrogen and oxygen atoms in total. The maximum Gasteiger partial charge on any atom is 0.235 e. The predicted molar refractivity (Wildman–Crippen MR) is 76.0 cm³/mol. The molecule has 0 spiro atoms. The minimum atomic E-state index is -0.129. The van der Waals surface area contributed by atoms with Crippen LogP contribution in [0.5, 0.6) is 0 Å². The van der Waals surface area contributed by atoms with Gasteiger partial charge in [0.2, 0.25) is 5.91 Å². The average Bonchev–Trinajstić information content (AvgIpc) is 2.47. The molecule has 1 aliphatic heterocycles. The first kappa shape index (κ1) is 14.3. The van der Waals surface area contributed by atoms with E-state index in [1.165, 1.54) is 11.8 Å². The molecule has 1 aromatic heterocycles. The summed E-state index contributed by atoms with van der Waals surface area (Å²) >= 11 is 1.42. The molecule has 2 rings (SSSR count). The van der Waals surface area contributed by atoms with Crippen molar-refractivity contribution in [3.8, 4) is 0 Å². The smallest absolute Gasteiger partial charge is 0.235 e. The standard InChI is InChI=1S/C13H20N4OS/c1-3-16-7-9-17(10-8-16)12(18)11(2)19-13-14-5-4-6-15-13/h4-6,11H,3,7-10H2,1-2H3. The van der Waals surface area contributed by atoms with E-state index in [0.717, 1.165) is 32.7 Å². The van der Waals surface area contributed by atoms with Crippen LogP contribution in [0.25, 0.3) is 0 Å². The molecule has 0 radical (unpaired) electrons. The molecule has 0 saturated carbocycles. The molecule has 1 aliphatic rings. The SMILES string of the molecule is CCN1CCN(C(=O)C(C)Sc2ncccn2)CC1. The molecule has 1 atom stereocenters. The third-order valence-electron chi connectivity index (χ3n) is 3.30. The monoisotopic (exact) mass is 280 g/mol. The van der Waals surface area contributed by atoms with Gasteiger partial charge < -0.3 is 9.80 Å². The Morgan fingerprint density at radius 3 is 2.53 bits per heavy atom. The molecule has 1 aromatic rings. The number of carbonyl (C=O) groups is 1. The van der Waals surface area contributed by atoms with Gasteiger partial charge >= 0.3 is 0 Å². The fourth-order valence-electron chi connectivity index (χ4n) is 2.10. The third kappa shape index (κ3) is 3.91. The lowest BCUT2D eigenvalue weighted by molar-refractivity contribution is -0.132. The van der Waals surface area contributed by atoms with Crippen LogP contribution >= 0.6 is 11.8 Å². The van der Waals surface area contributed by atoms with Gasteiger partial charge in [-0.25, -0.2) is 9.97 Å². The zero-order valence-electron chi connectivity index (χ0n) is 11.5. The quantitative estimate of drug-likeness (QED) is 0.611. The number of hydrogen-bond donors (Lipinski definition) is 0. The van der Waals surface area contributed by atoms with Crippen LogP contribution in [-0.4, -0.2) is 63.6 Å². The summed E-state index contributed by atoms with van der Waals surface area (Å²) in [6.45, 7) is 8.74. The van der Waals surface area contributed by atoms with Crippen LogP contribution in [0.15, 0.2) is 23.6 Å². The highest BCUT2D eigenvalue weighted by Crippen LogP contribution is 2.20. The molecule has 6 heteroatoms. The second-order valence-electron chi connectivity index (χ2n) is 4.55. The number of amides is 1. The van der Waals surface area contributed by atoms with Gasteiger partial charge in [0, 0.05) is 38.6 Å². The van der Waals surface area contributed by atoms with E-state index in [9.17, 15) is 4.79 Å². The van der Waals surface area contributed by atoms with Crippen molar-refractivity contribution in [2.45, 2.75) is 24.3 Å². The van der Waals surface area contributed by atoms with Gasteiger partial charge in [-0.15, -0.1) is 0 Å². The molecule has 1 amide bonds. The number of hydrogen-bond acceptors (Lipinski definition) is 5. The van der Waals surface area contributed by atoms with Gasteiger partial charge in [-0.3, -0.25) is 4.79 Å². The maximum absolute atomic E-state index is 12.3. The van der Waals surface area contributed by atoms with Crippen molar-refractivity contribution in [2.24, 2.45) is 0 Å². The van der Waals surface area contributed by atoms with Gasteiger partial charge in [-0.1, -0.05) is 18.7 Å². The summed E-state index contributed by atoms with van der Waals surface area (Å²) in [4.78, 5) is 24.9. The van der Waals surface area contributed by atoms with Crippen LogP contribution in [0.1, 0.15) is 13.8 Å². The van der Waals surface area contributed by atoms with E-state index in [0.29, 0.717) is 5.16 Å². The lowest BCUT2D eigenvalue weighted by Gasteiger charge is -2.35. The van der Waals surface area contributed by atoms with E-state index >= 15 is 0 Å². The van der Waals surface area contributed by atoms with E-state index < -0.39 is 0 Å². The van der Waals surface area contributed by atoms with Gasteiger partial charge in [0.05, 0.1) is 5.25 Å². The highest BCUT2D eigenvalue weighted by molar-refractivity contribution is 8.00. The fourth-order valence-corrected chi connectivity index (χ4v) is 2.91. The van der Waals surface area contributed by atoms with Gasteiger partial charge in [-0.2, -0.15) is 0 Å². The van der Waals surface area contributed by atoms with Crippen LogP contribution in [0, 0.1) is 0 Å². The van der Waals surface area contributed by atoms with Crippen molar-refractivity contribution in [2.75, 3.05) is 32.7 Å². The molecule has 1 unspecified atom stereocenters. The van der Waals surface area contributed by atoms with E-state index in [2.05, 4.69) is 21.8 Å². The first-order valence-electron chi connectivity index (χ1n) is 6.65. The highest BCUT2D eigenvalue weighted by Gasteiger charge is 2.25. The fraction of sp³-hybridized carbons (Fsp3) is 0.615. The number of aromatic nitrogens is 2. The Balaban J connectivity index is 1.86. The van der Waals surface area contributed by atoms with Crippen LogP contribution in [-0.2, 0) is 4.79 Å². The first-order chi connectivity index (χ1) is 9.20. The molecule has 1 saturated heterocycles. The Bertz CT molecular complexity index is 406. The predicted octanol–water partition coefficient (Wildman–Crippen LogP) is 1.12. The summed E-state index contributed by atoms with van der Waals surface area (Å²) in [5, 5.41) is 0.533. The Morgan fingerprint density at radius 1 is 1.32 bits per heavy atom. The van der Waals surface area contributed by atoms with Crippen molar-refractivity contribution >= 4 is 17.7 Å². The summed E-state index contributed by atoms with van der Waals surface area (Å²) in [7, 11) is 0. The second-order valence-corrected chi connectivity index (χ2v) is 5.86. The van der Waals surface area contributed by atoms with Gasteiger partial charge in [0.1, 0.15) is 0 Å². The molecular formula is C13H20N4OS. The van der Waals surface area contributed by atoms with E-state index in [-0.39, 0.29) is 11.2 Å². The molecule has 2 heterocycles. The van der Waals surface area contributed by atoms with Crippen molar-refractivity contribution in [3.05, 3.63) is 18.5 Å². The third-order valence-corrected chi connectivity index (χ3v) is 4.28. The number of carbonyl (C=O) groups excluding carboxylic acids is 1. The molecular weight excluding hydrogens is 260 g/mol. The minimum Gasteiger partial charge on any atom is -0.339 e. The van der Waals surface area contributed by atoms with E-state index in [1.807, 2.05) is 11.8 Å². The molecule has 1 fully saturated rings. The number of piperazine rings is 1. The topological polar surface area (TPSA) is 49.3 Å². The Kier molecular flexibility index (Phi) is 5.15. The Labute approximate surface area is 118 Å². The number of thioether (sulfide) groups is 1. The van der Waals surface area contributed by atoms with E-state index in [1.54, 1.807) is 18.5 Å². The van der Waals surface area contributed by atoms with Gasteiger partial charge in [0.25, 0.3) is 0 Å². The van der Waals surface area contributed by atoms with Crippen molar-refractivity contribution < 1.29 is 4.79 Å². The zero-order valence-corrected chi connectivity index (χ0v) is 12.3. The summed E-state index contributed by atoms with van der Waals surface area (Å²) in [5.41, 5.74) is 0. The summed E-state index contributed by atoms with van der Waals surface area (Å²) in [5.74, 6) is 0.188. The Morgan fingerprint density at radius 2 is 1.95 bits per heavy atom. The molecule has 104 valence electrons. The minimum absolute atomic E-state index is 0.129. The average molecular weight is 280 g/mol. The maximum atomic E-state index is 12.3. The molecule has 19 heavy (non-hydrogen) atoms. The van der Waals surface area contributed by atoms with Crippen LogP contribution in [0.4, 0.5) is 0 Å². The molecule has 0 aliphatic carbocycles. The second kappa shape index (κ2) is 6.86.